The molecule has 2 saturated carbocycles. The predicted octanol–water partition coefficient (Wildman–Crippen LogP) is 1.89. The molecule has 6 nitrogen and oxygen atoms in total. The molecule has 3 N–H and O–H groups in total. The summed E-state index contributed by atoms with van der Waals surface area (Å²) in [6.45, 7) is 6.74. The van der Waals surface area contributed by atoms with E-state index in [0.717, 1.165) is 19.3 Å². The molecular weight excluding hydrogens is 272 g/mol. The summed E-state index contributed by atoms with van der Waals surface area (Å²) < 4.78 is 5.63. The van der Waals surface area contributed by atoms with Crippen LogP contribution in [0.2, 0.25) is 0 Å². The van der Waals surface area contributed by atoms with Gasteiger partial charge in [-0.2, -0.15) is 0 Å². The van der Waals surface area contributed by atoms with E-state index in [1.807, 2.05) is 6.92 Å². The number of carboxylic acids is 1. The fourth-order valence-electron chi connectivity index (χ4n) is 3.40. The topological polar surface area (TPSA) is 87.7 Å². The average Bonchev–Trinajstić information content (AvgIpc) is 2.87. The first kappa shape index (κ1) is 16.1. The maximum Gasteiger partial charge on any atom is 0.329 e. The van der Waals surface area contributed by atoms with Crippen LogP contribution in [0, 0.1) is 5.41 Å². The smallest absolute Gasteiger partial charge is 0.329 e. The largest absolute Gasteiger partial charge is 0.480 e. The second-order valence-corrected chi connectivity index (χ2v) is 6.75. The number of carbonyl (C=O) groups is 2. The predicted molar refractivity (Wildman–Crippen MR) is 78.1 cm³/mol. The Hall–Kier alpha value is -1.30. The zero-order valence-corrected chi connectivity index (χ0v) is 13.1. The zero-order valence-electron chi connectivity index (χ0n) is 13.1. The molecule has 120 valence electrons. The van der Waals surface area contributed by atoms with Crippen molar-refractivity contribution in [2.75, 3.05) is 6.61 Å². The second-order valence-electron chi connectivity index (χ2n) is 6.75. The summed E-state index contributed by atoms with van der Waals surface area (Å²) in [5.41, 5.74) is -1.21. The number of carboxylic acid groups (broad SMARTS) is 1. The molecule has 0 saturated heterocycles. The number of hydrogen-bond acceptors (Lipinski definition) is 3. The van der Waals surface area contributed by atoms with Gasteiger partial charge in [0.2, 0.25) is 0 Å². The molecule has 0 aromatic rings. The van der Waals surface area contributed by atoms with Crippen molar-refractivity contribution >= 4 is 12.0 Å². The summed E-state index contributed by atoms with van der Waals surface area (Å²) in [4.78, 5) is 23.6. The minimum absolute atomic E-state index is 0.0151. The average molecular weight is 298 g/mol. The maximum absolute atomic E-state index is 12.1. The molecule has 2 amide bonds. The molecule has 0 spiro atoms. The van der Waals surface area contributed by atoms with E-state index < -0.39 is 11.5 Å². The summed E-state index contributed by atoms with van der Waals surface area (Å²) in [5.74, 6) is -0.935. The summed E-state index contributed by atoms with van der Waals surface area (Å²) in [6.07, 6.45) is 3.61. The summed E-state index contributed by atoms with van der Waals surface area (Å²) in [6, 6.07) is -0.367. The minimum atomic E-state index is -1.09. The van der Waals surface area contributed by atoms with Gasteiger partial charge in [-0.15, -0.1) is 0 Å². The zero-order chi connectivity index (χ0) is 15.7. The molecule has 2 rings (SSSR count). The number of ether oxygens (including phenoxy) is 1. The Morgan fingerprint density at radius 3 is 2.38 bits per heavy atom. The van der Waals surface area contributed by atoms with Crippen molar-refractivity contribution in [3.05, 3.63) is 0 Å². The first-order valence-corrected chi connectivity index (χ1v) is 7.75. The number of aliphatic carboxylic acids is 1. The Kier molecular flexibility index (Phi) is 4.46. The fourth-order valence-corrected chi connectivity index (χ4v) is 3.40. The third-order valence-electron chi connectivity index (χ3n) is 5.07. The van der Waals surface area contributed by atoms with Crippen molar-refractivity contribution in [3.63, 3.8) is 0 Å². The highest BCUT2D eigenvalue weighted by Crippen LogP contribution is 2.42. The van der Waals surface area contributed by atoms with Gasteiger partial charge in [-0.25, -0.2) is 9.59 Å². The molecule has 2 unspecified atom stereocenters. The Bertz CT molecular complexity index is 416. The van der Waals surface area contributed by atoms with Crippen LogP contribution in [0.5, 0.6) is 0 Å². The van der Waals surface area contributed by atoms with Crippen LogP contribution in [0.1, 0.15) is 52.9 Å². The van der Waals surface area contributed by atoms with Crippen molar-refractivity contribution in [1.82, 2.24) is 10.6 Å². The van der Waals surface area contributed by atoms with Crippen molar-refractivity contribution in [2.24, 2.45) is 5.41 Å². The normalized spacial score (nSPS) is 29.5. The SMILES string of the molecule is CCOC1CC(NC(=O)NC2(C(=O)O)CCCC2)C1(C)C. The minimum Gasteiger partial charge on any atom is -0.480 e. The van der Waals surface area contributed by atoms with Gasteiger partial charge in [0.25, 0.3) is 0 Å². The van der Waals surface area contributed by atoms with Crippen molar-refractivity contribution in [2.45, 2.75) is 70.6 Å². The third kappa shape index (κ3) is 3.00. The van der Waals surface area contributed by atoms with Crippen LogP contribution in [0.3, 0.4) is 0 Å². The second kappa shape index (κ2) is 5.83. The standard InChI is InChI=1S/C15H26N2O4/c1-4-21-11-9-10(14(11,2)3)16-13(20)17-15(12(18)19)7-5-6-8-15/h10-11H,4-9H2,1-3H3,(H,18,19)(H2,16,17,20). The van der Waals surface area contributed by atoms with Crippen molar-refractivity contribution < 1.29 is 19.4 Å². The van der Waals surface area contributed by atoms with E-state index in [-0.39, 0.29) is 23.6 Å². The molecule has 0 aromatic carbocycles. The Labute approximate surface area is 125 Å². The van der Waals surface area contributed by atoms with Crippen LogP contribution in [0.4, 0.5) is 4.79 Å². The Morgan fingerprint density at radius 2 is 1.90 bits per heavy atom. The molecule has 6 heteroatoms. The number of hydrogen-bond donors (Lipinski definition) is 3. The number of amides is 2. The van der Waals surface area contributed by atoms with E-state index >= 15 is 0 Å². The molecular formula is C15H26N2O4. The molecule has 2 aliphatic rings. The van der Waals surface area contributed by atoms with Gasteiger partial charge in [0, 0.05) is 18.1 Å². The third-order valence-corrected chi connectivity index (χ3v) is 5.07. The van der Waals surface area contributed by atoms with E-state index in [9.17, 15) is 14.7 Å². The van der Waals surface area contributed by atoms with Crippen LogP contribution in [0.15, 0.2) is 0 Å². The number of rotatable bonds is 5. The first-order valence-electron chi connectivity index (χ1n) is 7.75. The summed E-state index contributed by atoms with van der Waals surface area (Å²) >= 11 is 0. The van der Waals surface area contributed by atoms with Crippen molar-refractivity contribution in [3.8, 4) is 0 Å². The van der Waals surface area contributed by atoms with Gasteiger partial charge in [-0.05, 0) is 26.2 Å². The van der Waals surface area contributed by atoms with Crippen LogP contribution >= 0.6 is 0 Å². The van der Waals surface area contributed by atoms with E-state index in [1.165, 1.54) is 0 Å². The van der Waals surface area contributed by atoms with Gasteiger partial charge >= 0.3 is 12.0 Å². The van der Waals surface area contributed by atoms with E-state index in [2.05, 4.69) is 24.5 Å². The molecule has 0 radical (unpaired) electrons. The van der Waals surface area contributed by atoms with Crippen LogP contribution < -0.4 is 10.6 Å². The van der Waals surface area contributed by atoms with Gasteiger partial charge in [0.1, 0.15) is 5.54 Å². The molecule has 21 heavy (non-hydrogen) atoms. The van der Waals surface area contributed by atoms with Gasteiger partial charge in [-0.1, -0.05) is 26.7 Å². The maximum atomic E-state index is 12.1. The Balaban J connectivity index is 1.90. The quantitative estimate of drug-likeness (QED) is 0.723. The first-order chi connectivity index (χ1) is 9.82. The molecule has 0 bridgehead atoms. The summed E-state index contributed by atoms with van der Waals surface area (Å²) in [7, 11) is 0. The fraction of sp³-hybridized carbons (Fsp3) is 0.867. The lowest BCUT2D eigenvalue weighted by atomic mass is 9.64. The highest BCUT2D eigenvalue weighted by atomic mass is 16.5. The van der Waals surface area contributed by atoms with E-state index in [4.69, 9.17) is 4.74 Å². The van der Waals surface area contributed by atoms with E-state index in [0.29, 0.717) is 19.4 Å². The number of urea groups is 1. The lowest BCUT2D eigenvalue weighted by Gasteiger charge is -2.51. The molecule has 2 aliphatic carbocycles. The Morgan fingerprint density at radius 1 is 1.29 bits per heavy atom. The van der Waals surface area contributed by atoms with Crippen LogP contribution in [-0.4, -0.2) is 41.4 Å². The lowest BCUT2D eigenvalue weighted by molar-refractivity contribution is -0.144. The molecule has 2 atom stereocenters. The van der Waals surface area contributed by atoms with Gasteiger partial charge in [-0.3, -0.25) is 0 Å². The lowest BCUT2D eigenvalue weighted by Crippen LogP contribution is -2.65. The monoisotopic (exact) mass is 298 g/mol. The van der Waals surface area contributed by atoms with E-state index in [1.54, 1.807) is 0 Å². The van der Waals surface area contributed by atoms with Gasteiger partial charge < -0.3 is 20.5 Å². The van der Waals surface area contributed by atoms with Gasteiger partial charge in [0.05, 0.1) is 6.10 Å². The molecule has 0 aliphatic heterocycles. The number of nitrogens with one attached hydrogen (secondary N) is 2. The van der Waals surface area contributed by atoms with Crippen LogP contribution in [-0.2, 0) is 9.53 Å². The van der Waals surface area contributed by atoms with Crippen molar-refractivity contribution in [1.29, 1.82) is 0 Å². The molecule has 2 fully saturated rings. The molecule has 0 heterocycles. The van der Waals surface area contributed by atoms with Crippen LogP contribution in [0.25, 0.3) is 0 Å². The molecule has 0 aromatic heterocycles. The highest BCUT2D eigenvalue weighted by molar-refractivity contribution is 5.86. The summed E-state index contributed by atoms with van der Waals surface area (Å²) in [5, 5.41) is 15.0. The van der Waals surface area contributed by atoms with Gasteiger partial charge in [0.15, 0.2) is 0 Å². The number of carbonyl (C=O) groups excluding carboxylic acids is 1. The highest BCUT2D eigenvalue weighted by Gasteiger charge is 2.50.